The topological polar surface area (TPSA) is 40.5 Å². The van der Waals surface area contributed by atoms with Crippen LogP contribution in [0.4, 0.5) is 0 Å². The Balaban J connectivity index is 1.99. The highest BCUT2D eigenvalue weighted by Gasteiger charge is 2.25. The van der Waals surface area contributed by atoms with E-state index in [9.17, 15) is 9.90 Å². The number of aliphatic hydroxyl groups excluding tert-OH is 1. The van der Waals surface area contributed by atoms with Gasteiger partial charge in [-0.25, -0.2) is 0 Å². The molecule has 3 nitrogen and oxygen atoms in total. The number of halogens is 2. The highest BCUT2D eigenvalue weighted by molar-refractivity contribution is 6.42. The number of aliphatic hydroxyl groups is 1. The second-order valence-electron chi connectivity index (χ2n) is 5.12. The van der Waals surface area contributed by atoms with Crippen molar-refractivity contribution in [2.45, 2.75) is 19.4 Å². The molecule has 0 aliphatic carbocycles. The second-order valence-corrected chi connectivity index (χ2v) is 5.93. The summed E-state index contributed by atoms with van der Waals surface area (Å²) >= 11 is 11.7. The average Bonchev–Trinajstić information content (AvgIpc) is 2.37. The highest BCUT2D eigenvalue weighted by Crippen LogP contribution is 2.23. The van der Waals surface area contributed by atoms with Crippen LogP contribution in [0.5, 0.6) is 0 Å². The lowest BCUT2D eigenvalue weighted by Gasteiger charge is -2.33. The van der Waals surface area contributed by atoms with Gasteiger partial charge in [0.05, 0.1) is 22.7 Å². The fourth-order valence-corrected chi connectivity index (χ4v) is 2.63. The molecule has 1 aromatic rings. The van der Waals surface area contributed by atoms with E-state index in [1.807, 2.05) is 6.92 Å². The van der Waals surface area contributed by atoms with E-state index in [0.717, 1.165) is 19.5 Å². The van der Waals surface area contributed by atoms with Crippen LogP contribution < -0.4 is 0 Å². The summed E-state index contributed by atoms with van der Waals surface area (Å²) < 4.78 is 0. The van der Waals surface area contributed by atoms with Gasteiger partial charge in [-0.1, -0.05) is 30.1 Å². The van der Waals surface area contributed by atoms with Gasteiger partial charge in [0.15, 0.2) is 5.78 Å². The molecule has 1 heterocycles. The quantitative estimate of drug-likeness (QED) is 0.873. The minimum atomic E-state index is -0.253. The fourth-order valence-electron chi connectivity index (χ4n) is 2.33. The van der Waals surface area contributed by atoms with Crippen LogP contribution in [-0.4, -0.2) is 41.5 Å². The van der Waals surface area contributed by atoms with Crippen molar-refractivity contribution >= 4 is 29.0 Å². The van der Waals surface area contributed by atoms with E-state index in [1.54, 1.807) is 18.2 Å². The molecule has 1 aromatic carbocycles. The maximum atomic E-state index is 12.2. The van der Waals surface area contributed by atoms with Crippen LogP contribution in [-0.2, 0) is 0 Å². The van der Waals surface area contributed by atoms with Crippen molar-refractivity contribution in [1.82, 2.24) is 4.90 Å². The van der Waals surface area contributed by atoms with Crippen LogP contribution in [0.1, 0.15) is 23.7 Å². The normalized spacial score (nSPS) is 24.4. The third kappa shape index (κ3) is 3.69. The number of rotatable bonds is 3. The Morgan fingerprint density at radius 2 is 2.16 bits per heavy atom. The molecule has 1 aliphatic rings. The Kier molecular flexibility index (Phi) is 4.85. The molecule has 2 rings (SSSR count). The standard InChI is InChI=1S/C14H17Cl2NO2/c1-9-7-17(5-4-13(9)18)8-14(19)10-2-3-11(15)12(16)6-10/h2-3,6,9,13,18H,4-5,7-8H2,1H3. The number of hydrogen-bond donors (Lipinski definition) is 1. The van der Waals surface area contributed by atoms with Gasteiger partial charge in [0.25, 0.3) is 0 Å². The van der Waals surface area contributed by atoms with Crippen molar-refractivity contribution in [3.05, 3.63) is 33.8 Å². The molecule has 1 saturated heterocycles. The largest absolute Gasteiger partial charge is 0.393 e. The Hall–Kier alpha value is -0.610. The molecule has 0 aromatic heterocycles. The number of ketones is 1. The van der Waals surface area contributed by atoms with Gasteiger partial charge in [-0.3, -0.25) is 9.69 Å². The maximum Gasteiger partial charge on any atom is 0.176 e. The van der Waals surface area contributed by atoms with E-state index < -0.39 is 0 Å². The van der Waals surface area contributed by atoms with Crippen molar-refractivity contribution < 1.29 is 9.90 Å². The molecule has 0 amide bonds. The van der Waals surface area contributed by atoms with Gasteiger partial charge >= 0.3 is 0 Å². The van der Waals surface area contributed by atoms with E-state index in [-0.39, 0.29) is 17.8 Å². The number of likely N-dealkylation sites (tertiary alicyclic amines) is 1. The zero-order valence-corrected chi connectivity index (χ0v) is 12.3. The lowest BCUT2D eigenvalue weighted by Crippen LogP contribution is -2.44. The Morgan fingerprint density at radius 1 is 1.42 bits per heavy atom. The van der Waals surface area contributed by atoms with Crippen LogP contribution in [0.3, 0.4) is 0 Å². The van der Waals surface area contributed by atoms with Crippen molar-refractivity contribution in [2.75, 3.05) is 19.6 Å². The third-order valence-corrected chi connectivity index (χ3v) is 4.29. The molecular formula is C14H17Cl2NO2. The second kappa shape index (κ2) is 6.23. The van der Waals surface area contributed by atoms with Crippen LogP contribution in [0, 0.1) is 5.92 Å². The smallest absolute Gasteiger partial charge is 0.176 e. The Bertz CT molecular complexity index is 479. The lowest BCUT2D eigenvalue weighted by atomic mass is 9.96. The van der Waals surface area contributed by atoms with Crippen molar-refractivity contribution in [2.24, 2.45) is 5.92 Å². The first-order valence-corrected chi connectivity index (χ1v) is 7.11. The summed E-state index contributed by atoms with van der Waals surface area (Å²) in [5.74, 6) is 0.234. The number of piperidine rings is 1. The van der Waals surface area contributed by atoms with Crippen molar-refractivity contribution in [1.29, 1.82) is 0 Å². The number of carbonyl (C=O) groups is 1. The van der Waals surface area contributed by atoms with E-state index in [4.69, 9.17) is 23.2 Å². The SMILES string of the molecule is CC1CN(CC(=O)c2ccc(Cl)c(Cl)c2)CCC1O. The Labute approximate surface area is 123 Å². The summed E-state index contributed by atoms with van der Waals surface area (Å²) in [6.07, 6.45) is 0.465. The first-order valence-electron chi connectivity index (χ1n) is 6.36. The summed E-state index contributed by atoms with van der Waals surface area (Å²) in [6, 6.07) is 4.94. The molecule has 0 saturated carbocycles. The first kappa shape index (κ1) is 14.8. The molecule has 104 valence electrons. The average molecular weight is 302 g/mol. The van der Waals surface area contributed by atoms with E-state index >= 15 is 0 Å². The summed E-state index contributed by atoms with van der Waals surface area (Å²) in [5.41, 5.74) is 0.577. The Morgan fingerprint density at radius 3 is 2.79 bits per heavy atom. The van der Waals surface area contributed by atoms with Crippen molar-refractivity contribution in [3.63, 3.8) is 0 Å². The predicted molar refractivity (Wildman–Crippen MR) is 77.0 cm³/mol. The van der Waals surface area contributed by atoms with Crippen LogP contribution in [0.2, 0.25) is 10.0 Å². The van der Waals surface area contributed by atoms with Crippen LogP contribution in [0.25, 0.3) is 0 Å². The number of nitrogens with zero attached hydrogens (tertiary/aromatic N) is 1. The first-order chi connectivity index (χ1) is 8.97. The number of Topliss-reactive ketones (excluding diaryl/α,β-unsaturated/α-hetero) is 1. The molecule has 19 heavy (non-hydrogen) atoms. The highest BCUT2D eigenvalue weighted by atomic mass is 35.5. The molecule has 2 atom stereocenters. The van der Waals surface area contributed by atoms with Gasteiger partial charge in [-0.05, 0) is 30.5 Å². The molecule has 0 radical (unpaired) electrons. The lowest BCUT2D eigenvalue weighted by molar-refractivity contribution is 0.0344. The van der Waals surface area contributed by atoms with Gasteiger partial charge in [0.1, 0.15) is 0 Å². The fraction of sp³-hybridized carbons (Fsp3) is 0.500. The summed E-state index contributed by atoms with van der Waals surface area (Å²) in [4.78, 5) is 14.2. The van der Waals surface area contributed by atoms with Gasteiger partial charge in [-0.15, -0.1) is 0 Å². The third-order valence-electron chi connectivity index (χ3n) is 3.55. The van der Waals surface area contributed by atoms with Gasteiger partial charge in [0, 0.05) is 18.7 Å². The minimum Gasteiger partial charge on any atom is -0.393 e. The minimum absolute atomic E-state index is 0.0298. The van der Waals surface area contributed by atoms with Crippen LogP contribution >= 0.6 is 23.2 Å². The van der Waals surface area contributed by atoms with Gasteiger partial charge < -0.3 is 5.11 Å². The predicted octanol–water partition coefficient (Wildman–Crippen LogP) is 2.88. The maximum absolute atomic E-state index is 12.2. The zero-order chi connectivity index (χ0) is 14.0. The zero-order valence-electron chi connectivity index (χ0n) is 10.8. The van der Waals surface area contributed by atoms with Crippen molar-refractivity contribution in [3.8, 4) is 0 Å². The monoisotopic (exact) mass is 301 g/mol. The molecule has 1 aliphatic heterocycles. The number of hydrogen-bond acceptors (Lipinski definition) is 3. The molecule has 0 spiro atoms. The van der Waals surface area contributed by atoms with E-state index in [0.29, 0.717) is 22.2 Å². The molecule has 5 heteroatoms. The molecule has 0 bridgehead atoms. The summed E-state index contributed by atoms with van der Waals surface area (Å²) in [5, 5.41) is 10.5. The summed E-state index contributed by atoms with van der Waals surface area (Å²) in [6.45, 7) is 3.85. The van der Waals surface area contributed by atoms with Gasteiger partial charge in [-0.2, -0.15) is 0 Å². The van der Waals surface area contributed by atoms with Crippen LogP contribution in [0.15, 0.2) is 18.2 Å². The molecular weight excluding hydrogens is 285 g/mol. The van der Waals surface area contributed by atoms with E-state index in [2.05, 4.69) is 4.90 Å². The molecule has 2 unspecified atom stereocenters. The summed E-state index contributed by atoms with van der Waals surface area (Å²) in [7, 11) is 0. The number of carbonyl (C=O) groups excluding carboxylic acids is 1. The van der Waals surface area contributed by atoms with E-state index in [1.165, 1.54) is 0 Å². The molecule has 1 fully saturated rings. The van der Waals surface area contributed by atoms with Gasteiger partial charge in [0.2, 0.25) is 0 Å². The number of benzene rings is 1. The molecule has 1 N–H and O–H groups in total.